The van der Waals surface area contributed by atoms with Crippen molar-refractivity contribution in [2.24, 2.45) is 0 Å². The van der Waals surface area contributed by atoms with Gasteiger partial charge in [0, 0.05) is 6.08 Å². The molecule has 2 nitrogen and oxygen atoms in total. The van der Waals surface area contributed by atoms with Crippen LogP contribution in [0.1, 0.15) is 13.8 Å². The Morgan fingerprint density at radius 3 is 1.52 bits per heavy atom. The molecule has 0 spiro atoms. The molecule has 0 N–H and O–H groups in total. The fourth-order valence-electron chi connectivity index (χ4n) is 3.48. The van der Waals surface area contributed by atoms with E-state index in [-0.39, 0.29) is 12.4 Å². The van der Waals surface area contributed by atoms with Crippen LogP contribution in [-0.2, 0) is 9.53 Å². The summed E-state index contributed by atoms with van der Waals surface area (Å²) in [7, 11) is -2.40. The van der Waals surface area contributed by atoms with Crippen LogP contribution in [0.15, 0.2) is 108 Å². The zero-order valence-corrected chi connectivity index (χ0v) is 18.2. The number of hydrogen-bond acceptors (Lipinski definition) is 2. The number of carbonyl (C=O) groups excluding carboxylic acids is 1. The van der Waals surface area contributed by atoms with Crippen molar-refractivity contribution >= 4 is 29.1 Å². The predicted octanol–water partition coefficient (Wildman–Crippen LogP) is 1.64. The van der Waals surface area contributed by atoms with Gasteiger partial charge < -0.3 is 17.1 Å². The molecule has 3 rings (SSSR count). The van der Waals surface area contributed by atoms with E-state index in [0.717, 1.165) is 15.9 Å². The van der Waals surface area contributed by atoms with Gasteiger partial charge in [0.1, 0.15) is 15.9 Å². The van der Waals surface area contributed by atoms with Crippen LogP contribution in [0.2, 0.25) is 0 Å². The third kappa shape index (κ3) is 4.69. The molecule has 29 heavy (non-hydrogen) atoms. The predicted molar refractivity (Wildman–Crippen MR) is 120 cm³/mol. The van der Waals surface area contributed by atoms with Crippen molar-refractivity contribution < 1.29 is 21.9 Å². The Labute approximate surface area is 179 Å². The number of ether oxygens (including phenoxy) is 1. The van der Waals surface area contributed by atoms with Crippen LogP contribution in [0.4, 0.5) is 0 Å². The van der Waals surface area contributed by atoms with E-state index in [1.165, 1.54) is 0 Å². The lowest BCUT2D eigenvalue weighted by atomic mass is 10.3. The maximum atomic E-state index is 12.4. The molecule has 3 aromatic rings. The molecular formula is C25H24ClO2P. The molecule has 0 atom stereocenters. The first-order valence-electron chi connectivity index (χ1n) is 9.36. The zero-order chi connectivity index (χ0) is 19.8. The molecule has 0 aliphatic carbocycles. The molecule has 0 saturated heterocycles. The molecule has 0 bridgehead atoms. The van der Waals surface area contributed by atoms with Crippen LogP contribution < -0.4 is 28.3 Å². The summed E-state index contributed by atoms with van der Waals surface area (Å²) in [6.45, 7) is 4.38. The molecule has 0 saturated carbocycles. The highest BCUT2D eigenvalue weighted by Gasteiger charge is 2.50. The van der Waals surface area contributed by atoms with E-state index in [1.54, 1.807) is 0 Å². The Balaban J connectivity index is 0.00000300. The Kier molecular flexibility index (Phi) is 8.43. The third-order valence-electron chi connectivity index (χ3n) is 4.61. The summed E-state index contributed by atoms with van der Waals surface area (Å²) in [5, 5.41) is 3.98. The van der Waals surface area contributed by atoms with Crippen LogP contribution in [-0.4, -0.2) is 12.5 Å². The quantitative estimate of drug-likeness (QED) is 0.250. The largest absolute Gasteiger partial charge is 1.00 e. The summed E-state index contributed by atoms with van der Waals surface area (Å²) in [5.41, 5.74) is 0. The summed E-state index contributed by atoms with van der Waals surface area (Å²) in [6, 6.07) is 30.8. The average molecular weight is 423 g/mol. The van der Waals surface area contributed by atoms with Crippen molar-refractivity contribution in [3.05, 3.63) is 108 Å². The highest BCUT2D eigenvalue weighted by molar-refractivity contribution is 7.99. The van der Waals surface area contributed by atoms with E-state index in [1.807, 2.05) is 74.5 Å². The van der Waals surface area contributed by atoms with Crippen molar-refractivity contribution in [1.29, 1.82) is 0 Å². The molecule has 0 heterocycles. The van der Waals surface area contributed by atoms with Crippen molar-refractivity contribution in [2.45, 2.75) is 13.8 Å². The molecule has 0 amide bonds. The summed E-state index contributed by atoms with van der Waals surface area (Å²) >= 11 is 0. The Hall–Kier alpha value is -2.63. The topological polar surface area (TPSA) is 26.3 Å². The van der Waals surface area contributed by atoms with Crippen molar-refractivity contribution in [1.82, 2.24) is 0 Å². The number of allylic oxidation sites excluding steroid dienone is 3. The number of rotatable bonds is 7. The van der Waals surface area contributed by atoms with E-state index in [9.17, 15) is 4.79 Å². The SMILES string of the molecule is CCOC(C)=CC(=C=O)[P+](c1ccccc1)(c1ccccc1)c1ccccc1.[Cl-]. The van der Waals surface area contributed by atoms with Gasteiger partial charge in [-0.3, -0.25) is 0 Å². The van der Waals surface area contributed by atoms with Crippen LogP contribution >= 0.6 is 7.26 Å². The van der Waals surface area contributed by atoms with Gasteiger partial charge in [-0.2, -0.15) is 0 Å². The first kappa shape index (κ1) is 22.7. The fraction of sp³-hybridized carbons (Fsp3) is 0.120. The minimum atomic E-state index is -2.40. The monoisotopic (exact) mass is 422 g/mol. The highest BCUT2D eigenvalue weighted by atomic mass is 35.5. The Morgan fingerprint density at radius 1 is 0.828 bits per heavy atom. The lowest BCUT2D eigenvalue weighted by Gasteiger charge is -2.26. The zero-order valence-electron chi connectivity index (χ0n) is 16.6. The molecule has 148 valence electrons. The van der Waals surface area contributed by atoms with Gasteiger partial charge in [-0.05, 0) is 50.2 Å². The molecule has 3 aromatic carbocycles. The Morgan fingerprint density at radius 2 is 1.21 bits per heavy atom. The maximum absolute atomic E-state index is 12.4. The summed E-state index contributed by atoms with van der Waals surface area (Å²) < 4.78 is 5.66. The summed E-state index contributed by atoms with van der Waals surface area (Å²) in [5.74, 6) is 3.00. The maximum Gasteiger partial charge on any atom is 0.195 e. The van der Waals surface area contributed by atoms with Crippen LogP contribution in [0, 0.1) is 0 Å². The number of halogens is 1. The standard InChI is InChI=1S/C25H24O2P.ClH/c1-3-27-21(2)19-25(20-26)28(22-13-7-4-8-14-22,23-15-9-5-10-16-23)24-17-11-6-12-18-24;/h4-19H,3H2,1-2H3;1H/q+1;/p-1. The van der Waals surface area contributed by atoms with Gasteiger partial charge in [0.05, 0.1) is 12.4 Å². The first-order chi connectivity index (χ1) is 13.7. The van der Waals surface area contributed by atoms with Gasteiger partial charge in [-0.25, -0.2) is 4.79 Å². The molecule has 0 radical (unpaired) electrons. The highest BCUT2D eigenvalue weighted by Crippen LogP contribution is 2.62. The third-order valence-corrected chi connectivity index (χ3v) is 8.77. The molecule has 4 heteroatoms. The van der Waals surface area contributed by atoms with Gasteiger partial charge in [0.15, 0.2) is 18.5 Å². The van der Waals surface area contributed by atoms with Gasteiger partial charge in [-0.1, -0.05) is 54.6 Å². The minimum Gasteiger partial charge on any atom is -1.00 e. The number of hydrogen-bond donors (Lipinski definition) is 0. The van der Waals surface area contributed by atoms with Crippen molar-refractivity contribution in [3.63, 3.8) is 0 Å². The summed E-state index contributed by atoms with van der Waals surface area (Å²) in [6.07, 6.45) is 1.86. The van der Waals surface area contributed by atoms with Crippen LogP contribution in [0.5, 0.6) is 0 Å². The summed E-state index contributed by atoms with van der Waals surface area (Å²) in [4.78, 5) is 12.4. The lowest BCUT2D eigenvalue weighted by molar-refractivity contribution is -0.00000753. The first-order valence-corrected chi connectivity index (χ1v) is 11.1. The minimum absolute atomic E-state index is 0. The van der Waals surface area contributed by atoms with Crippen molar-refractivity contribution in [2.75, 3.05) is 6.61 Å². The fourth-order valence-corrected chi connectivity index (χ4v) is 7.58. The Bertz CT molecular complexity index is 882. The van der Waals surface area contributed by atoms with Crippen molar-refractivity contribution in [3.8, 4) is 0 Å². The van der Waals surface area contributed by atoms with E-state index in [4.69, 9.17) is 4.74 Å². The van der Waals surface area contributed by atoms with E-state index < -0.39 is 7.26 Å². The molecule has 0 aromatic heterocycles. The molecule has 0 aliphatic rings. The van der Waals surface area contributed by atoms with Gasteiger partial charge in [0.2, 0.25) is 0 Å². The smallest absolute Gasteiger partial charge is 0.195 e. The lowest BCUT2D eigenvalue weighted by Crippen LogP contribution is -3.00. The number of benzene rings is 3. The van der Waals surface area contributed by atoms with E-state index in [2.05, 4.69) is 42.3 Å². The van der Waals surface area contributed by atoms with Crippen LogP contribution in [0.3, 0.4) is 0 Å². The van der Waals surface area contributed by atoms with Gasteiger partial charge >= 0.3 is 0 Å². The van der Waals surface area contributed by atoms with Crippen LogP contribution in [0.25, 0.3) is 0 Å². The van der Waals surface area contributed by atoms with E-state index >= 15 is 0 Å². The van der Waals surface area contributed by atoms with Gasteiger partial charge in [-0.15, -0.1) is 0 Å². The second kappa shape index (κ2) is 10.8. The normalized spacial score (nSPS) is 11.2. The molecule has 0 fully saturated rings. The second-order valence-electron chi connectivity index (χ2n) is 6.35. The molecule has 0 aliphatic heterocycles. The molecular weight excluding hydrogens is 399 g/mol. The second-order valence-corrected chi connectivity index (χ2v) is 9.73. The molecule has 0 unspecified atom stereocenters. The van der Waals surface area contributed by atoms with E-state index in [0.29, 0.717) is 17.7 Å². The average Bonchev–Trinajstić information content (AvgIpc) is 2.76. The van der Waals surface area contributed by atoms with Gasteiger partial charge in [0.25, 0.3) is 0 Å².